The third-order valence-corrected chi connectivity index (χ3v) is 7.36. The topological polar surface area (TPSA) is 59.8 Å². The Hall–Kier alpha value is -1.30. The summed E-state index contributed by atoms with van der Waals surface area (Å²) in [5.41, 5.74) is 0.0521. The predicted octanol–water partition coefficient (Wildman–Crippen LogP) is 5.17. The molecule has 1 amide bonds. The van der Waals surface area contributed by atoms with Crippen LogP contribution in [0.5, 0.6) is 0 Å². The summed E-state index contributed by atoms with van der Waals surface area (Å²) in [6, 6.07) is 5.15. The van der Waals surface area contributed by atoms with Gasteiger partial charge in [-0.15, -0.1) is 5.10 Å². The zero-order valence-corrected chi connectivity index (χ0v) is 16.9. The van der Waals surface area contributed by atoms with Crippen molar-refractivity contribution in [2.24, 2.45) is 17.3 Å². The molecule has 2 aromatic rings. The third kappa shape index (κ3) is 2.86. The Morgan fingerprint density at radius 1 is 1.15 bits per heavy atom. The molecule has 0 radical (unpaired) electrons. The SMILES string of the molecule is O=C(Nc1ccc(Cl)cc1Cl)C12CC3CC(C1)CC(n1cnc(Cl)n1)(C3)C2. The molecule has 6 rings (SSSR count). The van der Waals surface area contributed by atoms with Crippen molar-refractivity contribution in [3.8, 4) is 0 Å². The van der Waals surface area contributed by atoms with E-state index in [1.54, 1.807) is 24.5 Å². The average molecular weight is 426 g/mol. The quantitative estimate of drug-likeness (QED) is 0.737. The molecule has 1 aromatic carbocycles. The summed E-state index contributed by atoms with van der Waals surface area (Å²) >= 11 is 18.2. The molecule has 4 fully saturated rings. The van der Waals surface area contributed by atoms with Crippen LogP contribution in [-0.2, 0) is 10.3 Å². The number of carbonyl (C=O) groups excluding carboxylic acids is 1. The lowest BCUT2D eigenvalue weighted by Crippen LogP contribution is -2.60. The summed E-state index contributed by atoms with van der Waals surface area (Å²) < 4.78 is 1.92. The Bertz CT molecular complexity index is 913. The largest absolute Gasteiger partial charge is 0.324 e. The van der Waals surface area contributed by atoms with Gasteiger partial charge in [-0.3, -0.25) is 4.79 Å². The zero-order valence-electron chi connectivity index (χ0n) is 14.6. The maximum absolute atomic E-state index is 13.4. The molecule has 4 bridgehead atoms. The van der Waals surface area contributed by atoms with E-state index in [4.69, 9.17) is 34.8 Å². The van der Waals surface area contributed by atoms with Gasteiger partial charge in [-0.05, 0) is 80.2 Å². The lowest BCUT2D eigenvalue weighted by Gasteiger charge is -2.60. The number of hydrogen-bond acceptors (Lipinski definition) is 3. The van der Waals surface area contributed by atoms with Gasteiger partial charge in [-0.25, -0.2) is 9.67 Å². The average Bonchev–Trinajstić information content (AvgIpc) is 3.03. The number of nitrogens with zero attached hydrogens (tertiary/aromatic N) is 3. The summed E-state index contributed by atoms with van der Waals surface area (Å²) in [7, 11) is 0. The van der Waals surface area contributed by atoms with E-state index in [-0.39, 0.29) is 16.7 Å². The maximum Gasteiger partial charge on any atom is 0.242 e. The molecule has 27 heavy (non-hydrogen) atoms. The normalized spacial score (nSPS) is 34.0. The van der Waals surface area contributed by atoms with Gasteiger partial charge < -0.3 is 5.32 Å². The number of rotatable bonds is 3. The number of nitrogens with one attached hydrogen (secondary N) is 1. The second-order valence-corrected chi connectivity index (χ2v) is 9.68. The summed E-state index contributed by atoms with van der Waals surface area (Å²) in [6.07, 6.45) is 7.61. The van der Waals surface area contributed by atoms with Gasteiger partial charge >= 0.3 is 0 Å². The van der Waals surface area contributed by atoms with Gasteiger partial charge in [0.25, 0.3) is 0 Å². The first-order valence-corrected chi connectivity index (χ1v) is 10.4. The minimum Gasteiger partial charge on any atom is -0.324 e. The fourth-order valence-corrected chi connectivity index (χ4v) is 6.65. The molecule has 1 aromatic heterocycles. The Labute approximate surface area is 172 Å². The fourth-order valence-electron chi connectivity index (χ4n) is 6.07. The van der Waals surface area contributed by atoms with E-state index in [1.807, 2.05) is 4.68 Å². The summed E-state index contributed by atoms with van der Waals surface area (Å²) in [5.74, 6) is 1.11. The second kappa shape index (κ2) is 6.10. The van der Waals surface area contributed by atoms with Gasteiger partial charge in [0.2, 0.25) is 11.2 Å². The van der Waals surface area contributed by atoms with E-state index in [9.17, 15) is 4.79 Å². The molecule has 0 saturated heterocycles. The van der Waals surface area contributed by atoms with E-state index in [1.165, 1.54) is 6.42 Å². The minimum atomic E-state index is -0.397. The highest BCUT2D eigenvalue weighted by atomic mass is 35.5. The molecule has 142 valence electrons. The molecule has 2 atom stereocenters. The van der Waals surface area contributed by atoms with Crippen molar-refractivity contribution in [1.29, 1.82) is 0 Å². The van der Waals surface area contributed by atoms with E-state index in [0.29, 0.717) is 27.6 Å². The van der Waals surface area contributed by atoms with Crippen LogP contribution in [0.2, 0.25) is 15.3 Å². The lowest BCUT2D eigenvalue weighted by molar-refractivity contribution is -0.150. The molecule has 4 aliphatic carbocycles. The second-order valence-electron chi connectivity index (χ2n) is 8.50. The number of anilines is 1. The van der Waals surface area contributed by atoms with Crippen molar-refractivity contribution in [2.75, 3.05) is 5.32 Å². The highest BCUT2D eigenvalue weighted by Gasteiger charge is 2.61. The summed E-state index contributed by atoms with van der Waals surface area (Å²) in [4.78, 5) is 17.5. The van der Waals surface area contributed by atoms with Gasteiger partial charge in [0.05, 0.1) is 21.7 Å². The minimum absolute atomic E-state index is 0.0522. The van der Waals surface area contributed by atoms with Crippen LogP contribution >= 0.6 is 34.8 Å². The van der Waals surface area contributed by atoms with Gasteiger partial charge in [-0.1, -0.05) is 23.2 Å². The van der Waals surface area contributed by atoms with Crippen LogP contribution in [-0.4, -0.2) is 20.7 Å². The molecule has 8 heteroatoms. The van der Waals surface area contributed by atoms with Crippen molar-refractivity contribution in [2.45, 2.75) is 44.1 Å². The van der Waals surface area contributed by atoms with Crippen LogP contribution < -0.4 is 5.32 Å². The maximum atomic E-state index is 13.4. The number of benzene rings is 1. The van der Waals surface area contributed by atoms with E-state index >= 15 is 0 Å². The Morgan fingerprint density at radius 2 is 1.89 bits per heavy atom. The predicted molar refractivity (Wildman–Crippen MR) is 105 cm³/mol. The molecular formula is C19H19Cl3N4O. The summed E-state index contributed by atoms with van der Waals surface area (Å²) in [5, 5.41) is 8.74. The first-order chi connectivity index (χ1) is 12.9. The molecule has 4 aliphatic rings. The van der Waals surface area contributed by atoms with Gasteiger partial charge in [0.1, 0.15) is 6.33 Å². The molecular weight excluding hydrogens is 407 g/mol. The Kier molecular flexibility index (Phi) is 4.01. The monoisotopic (exact) mass is 424 g/mol. The number of amides is 1. The van der Waals surface area contributed by atoms with Crippen molar-refractivity contribution in [1.82, 2.24) is 14.8 Å². The van der Waals surface area contributed by atoms with Crippen LogP contribution in [0, 0.1) is 17.3 Å². The Morgan fingerprint density at radius 3 is 2.52 bits per heavy atom. The van der Waals surface area contributed by atoms with Crippen molar-refractivity contribution < 1.29 is 4.79 Å². The molecule has 0 aliphatic heterocycles. The molecule has 1 N–H and O–H groups in total. The van der Waals surface area contributed by atoms with Crippen LogP contribution in [0.1, 0.15) is 38.5 Å². The van der Waals surface area contributed by atoms with Crippen molar-refractivity contribution in [3.63, 3.8) is 0 Å². The smallest absolute Gasteiger partial charge is 0.242 e. The first kappa shape index (κ1) is 17.8. The van der Waals surface area contributed by atoms with Crippen LogP contribution in [0.3, 0.4) is 0 Å². The molecule has 4 saturated carbocycles. The van der Waals surface area contributed by atoms with Gasteiger partial charge in [0.15, 0.2) is 0 Å². The standard InChI is InChI=1S/C19H19Cl3N4O/c20-13-1-2-15(14(21)4-13)24-16(27)18-5-11-3-12(6-18)8-19(7-11,9-18)26-10-23-17(22)25-26/h1-2,4,10-12H,3,5-9H2,(H,24,27). The molecule has 5 nitrogen and oxygen atoms in total. The fraction of sp³-hybridized carbons (Fsp3) is 0.526. The number of aromatic nitrogens is 3. The zero-order chi connectivity index (χ0) is 18.8. The third-order valence-electron chi connectivity index (χ3n) is 6.64. The Balaban J connectivity index is 1.47. The molecule has 0 spiro atoms. The van der Waals surface area contributed by atoms with E-state index < -0.39 is 5.41 Å². The first-order valence-electron chi connectivity index (χ1n) is 9.22. The van der Waals surface area contributed by atoms with Crippen LogP contribution in [0.15, 0.2) is 24.5 Å². The lowest BCUT2D eigenvalue weighted by atomic mass is 9.46. The number of hydrogen-bond donors (Lipinski definition) is 1. The van der Waals surface area contributed by atoms with Crippen LogP contribution in [0.25, 0.3) is 0 Å². The summed E-state index contributed by atoms with van der Waals surface area (Å²) in [6.45, 7) is 0. The van der Waals surface area contributed by atoms with Gasteiger partial charge in [-0.2, -0.15) is 0 Å². The number of carbonyl (C=O) groups is 1. The van der Waals surface area contributed by atoms with Crippen molar-refractivity contribution in [3.05, 3.63) is 39.9 Å². The van der Waals surface area contributed by atoms with E-state index in [0.717, 1.165) is 32.1 Å². The highest BCUT2D eigenvalue weighted by Crippen LogP contribution is 2.64. The van der Waals surface area contributed by atoms with Crippen molar-refractivity contribution >= 4 is 46.4 Å². The van der Waals surface area contributed by atoms with Gasteiger partial charge in [0, 0.05) is 5.02 Å². The molecule has 2 unspecified atom stereocenters. The highest BCUT2D eigenvalue weighted by molar-refractivity contribution is 6.36. The number of halogens is 3. The van der Waals surface area contributed by atoms with E-state index in [2.05, 4.69) is 15.4 Å². The van der Waals surface area contributed by atoms with Crippen LogP contribution in [0.4, 0.5) is 5.69 Å². The molecule has 1 heterocycles.